The molecule has 1 heterocycles. The van der Waals surface area contributed by atoms with Crippen LogP contribution >= 0.6 is 0 Å². The Labute approximate surface area is 136 Å². The van der Waals surface area contributed by atoms with E-state index in [4.69, 9.17) is 0 Å². The highest BCUT2D eigenvalue weighted by Crippen LogP contribution is 2.28. The summed E-state index contributed by atoms with van der Waals surface area (Å²) in [4.78, 5) is 25.6. The number of fused-ring (bicyclic) bond motifs is 1. The van der Waals surface area contributed by atoms with Gasteiger partial charge < -0.3 is 10.2 Å². The van der Waals surface area contributed by atoms with Gasteiger partial charge in [-0.2, -0.15) is 0 Å². The number of nitrogens with one attached hydrogen (secondary N) is 1. The van der Waals surface area contributed by atoms with E-state index in [1.54, 1.807) is 17.9 Å². The molecule has 4 heteroatoms. The molecule has 2 aromatic rings. The molecular formula is C19H20N2O2. The molecule has 118 valence electrons. The molecule has 2 amide bonds. The van der Waals surface area contributed by atoms with E-state index in [0.29, 0.717) is 18.7 Å². The Kier molecular flexibility index (Phi) is 4.42. The fourth-order valence-electron chi connectivity index (χ4n) is 2.94. The number of amides is 2. The monoisotopic (exact) mass is 308 g/mol. The van der Waals surface area contributed by atoms with E-state index in [2.05, 4.69) is 17.4 Å². The van der Waals surface area contributed by atoms with Gasteiger partial charge in [-0.05, 0) is 42.2 Å². The lowest BCUT2D eigenvalue weighted by atomic mass is 10.1. The number of rotatable bonds is 4. The topological polar surface area (TPSA) is 49.4 Å². The van der Waals surface area contributed by atoms with Crippen LogP contribution in [0.2, 0.25) is 0 Å². The zero-order valence-corrected chi connectivity index (χ0v) is 13.2. The molecule has 1 N–H and O–H groups in total. The number of anilines is 1. The third-order valence-electron chi connectivity index (χ3n) is 4.16. The van der Waals surface area contributed by atoms with Gasteiger partial charge in [-0.15, -0.1) is 0 Å². The summed E-state index contributed by atoms with van der Waals surface area (Å²) in [6.07, 6.45) is 1.62. The van der Waals surface area contributed by atoms with Crippen molar-refractivity contribution >= 4 is 17.5 Å². The van der Waals surface area contributed by atoms with Crippen molar-refractivity contribution in [2.24, 2.45) is 0 Å². The summed E-state index contributed by atoms with van der Waals surface area (Å²) in [6, 6.07) is 15.6. The van der Waals surface area contributed by atoms with Crippen LogP contribution in [0.25, 0.3) is 0 Å². The minimum absolute atomic E-state index is 0.0452. The second-order valence-corrected chi connectivity index (χ2v) is 5.76. The Bertz CT molecular complexity index is 725. The molecule has 0 bridgehead atoms. The molecule has 0 atom stereocenters. The molecule has 0 aromatic heterocycles. The fourth-order valence-corrected chi connectivity index (χ4v) is 2.94. The van der Waals surface area contributed by atoms with Crippen molar-refractivity contribution in [1.82, 2.24) is 5.32 Å². The minimum atomic E-state index is -0.0648. The highest BCUT2D eigenvalue weighted by atomic mass is 16.2. The zero-order chi connectivity index (χ0) is 16.2. The summed E-state index contributed by atoms with van der Waals surface area (Å²) in [6.45, 7) is 2.88. The molecule has 1 aliphatic rings. The number of benzene rings is 2. The SMILES string of the molecule is CC(=O)N1CCc2cc(C(=O)NCCc3ccccc3)ccc21. The van der Waals surface area contributed by atoms with Gasteiger partial charge in [0.2, 0.25) is 5.91 Å². The molecule has 2 aromatic carbocycles. The van der Waals surface area contributed by atoms with Crippen LogP contribution in [0.4, 0.5) is 5.69 Å². The highest BCUT2D eigenvalue weighted by molar-refractivity contribution is 5.97. The van der Waals surface area contributed by atoms with Crippen LogP contribution < -0.4 is 10.2 Å². The Morgan fingerprint density at radius 1 is 1.13 bits per heavy atom. The lowest BCUT2D eigenvalue weighted by Gasteiger charge is -2.14. The van der Waals surface area contributed by atoms with Crippen LogP contribution in [-0.4, -0.2) is 24.9 Å². The average molecular weight is 308 g/mol. The largest absolute Gasteiger partial charge is 0.352 e. The van der Waals surface area contributed by atoms with E-state index in [0.717, 1.165) is 24.1 Å². The van der Waals surface area contributed by atoms with E-state index in [-0.39, 0.29) is 11.8 Å². The van der Waals surface area contributed by atoms with E-state index < -0.39 is 0 Å². The molecule has 0 aliphatic carbocycles. The quantitative estimate of drug-likeness (QED) is 0.944. The number of nitrogens with zero attached hydrogens (tertiary/aromatic N) is 1. The summed E-state index contributed by atoms with van der Waals surface area (Å²) in [5.74, 6) is -0.0196. The van der Waals surface area contributed by atoms with Crippen molar-refractivity contribution in [3.63, 3.8) is 0 Å². The van der Waals surface area contributed by atoms with Crippen LogP contribution in [0.5, 0.6) is 0 Å². The molecule has 3 rings (SSSR count). The Balaban J connectivity index is 1.61. The van der Waals surface area contributed by atoms with E-state index in [9.17, 15) is 9.59 Å². The van der Waals surface area contributed by atoms with Crippen molar-refractivity contribution in [3.05, 3.63) is 65.2 Å². The second kappa shape index (κ2) is 6.65. The lowest BCUT2D eigenvalue weighted by molar-refractivity contribution is -0.116. The first-order valence-electron chi connectivity index (χ1n) is 7.88. The summed E-state index contributed by atoms with van der Waals surface area (Å²) < 4.78 is 0. The maximum absolute atomic E-state index is 12.3. The van der Waals surface area contributed by atoms with E-state index in [1.807, 2.05) is 30.3 Å². The van der Waals surface area contributed by atoms with Crippen LogP contribution in [0.1, 0.15) is 28.4 Å². The van der Waals surface area contributed by atoms with E-state index >= 15 is 0 Å². The molecule has 0 radical (unpaired) electrons. The first-order chi connectivity index (χ1) is 11.1. The smallest absolute Gasteiger partial charge is 0.251 e. The zero-order valence-electron chi connectivity index (χ0n) is 13.2. The Morgan fingerprint density at radius 3 is 2.65 bits per heavy atom. The summed E-state index contributed by atoms with van der Waals surface area (Å²) in [5.41, 5.74) is 3.86. The third kappa shape index (κ3) is 3.42. The van der Waals surface area contributed by atoms with Crippen molar-refractivity contribution < 1.29 is 9.59 Å². The summed E-state index contributed by atoms with van der Waals surface area (Å²) >= 11 is 0. The van der Waals surface area contributed by atoms with Gasteiger partial charge >= 0.3 is 0 Å². The van der Waals surface area contributed by atoms with Crippen LogP contribution in [0, 0.1) is 0 Å². The molecule has 0 unspecified atom stereocenters. The summed E-state index contributed by atoms with van der Waals surface area (Å²) in [7, 11) is 0. The van der Waals surface area contributed by atoms with Crippen molar-refractivity contribution in [2.45, 2.75) is 19.8 Å². The predicted octanol–water partition coefficient (Wildman–Crippen LogP) is 2.57. The number of hydrogen-bond acceptors (Lipinski definition) is 2. The Hall–Kier alpha value is -2.62. The van der Waals surface area contributed by atoms with Gasteiger partial charge in [-0.25, -0.2) is 0 Å². The molecule has 0 saturated heterocycles. The van der Waals surface area contributed by atoms with Gasteiger partial charge in [-0.1, -0.05) is 30.3 Å². The predicted molar refractivity (Wildman–Crippen MR) is 90.7 cm³/mol. The first-order valence-corrected chi connectivity index (χ1v) is 7.88. The molecular weight excluding hydrogens is 288 g/mol. The van der Waals surface area contributed by atoms with Gasteiger partial charge in [-0.3, -0.25) is 9.59 Å². The minimum Gasteiger partial charge on any atom is -0.352 e. The normalized spacial score (nSPS) is 12.8. The van der Waals surface area contributed by atoms with Gasteiger partial charge in [0, 0.05) is 31.3 Å². The van der Waals surface area contributed by atoms with Gasteiger partial charge in [0.25, 0.3) is 5.91 Å². The van der Waals surface area contributed by atoms with Crippen LogP contribution in [-0.2, 0) is 17.6 Å². The molecule has 1 aliphatic heterocycles. The van der Waals surface area contributed by atoms with Crippen molar-refractivity contribution in [2.75, 3.05) is 18.0 Å². The maximum atomic E-state index is 12.3. The summed E-state index contributed by atoms with van der Waals surface area (Å²) in [5, 5.41) is 2.95. The number of carbonyl (C=O) groups is 2. The standard InChI is InChI=1S/C19H20N2O2/c1-14(22)21-12-10-16-13-17(7-8-18(16)21)19(23)20-11-9-15-5-3-2-4-6-15/h2-8,13H,9-12H2,1H3,(H,20,23). The average Bonchev–Trinajstić information content (AvgIpc) is 2.99. The molecule has 23 heavy (non-hydrogen) atoms. The molecule has 4 nitrogen and oxygen atoms in total. The number of hydrogen-bond donors (Lipinski definition) is 1. The third-order valence-corrected chi connectivity index (χ3v) is 4.16. The van der Waals surface area contributed by atoms with Crippen LogP contribution in [0.3, 0.4) is 0 Å². The van der Waals surface area contributed by atoms with Gasteiger partial charge in [0.15, 0.2) is 0 Å². The molecule has 0 spiro atoms. The maximum Gasteiger partial charge on any atom is 0.251 e. The fraction of sp³-hybridized carbons (Fsp3) is 0.263. The molecule has 0 saturated carbocycles. The van der Waals surface area contributed by atoms with Gasteiger partial charge in [0.1, 0.15) is 0 Å². The van der Waals surface area contributed by atoms with Gasteiger partial charge in [0.05, 0.1) is 0 Å². The first kappa shape index (κ1) is 15.3. The highest BCUT2D eigenvalue weighted by Gasteiger charge is 2.22. The van der Waals surface area contributed by atoms with Crippen molar-refractivity contribution in [3.8, 4) is 0 Å². The number of carbonyl (C=O) groups excluding carboxylic acids is 2. The van der Waals surface area contributed by atoms with Crippen LogP contribution in [0.15, 0.2) is 48.5 Å². The van der Waals surface area contributed by atoms with Crippen molar-refractivity contribution in [1.29, 1.82) is 0 Å². The second-order valence-electron chi connectivity index (χ2n) is 5.76. The molecule has 0 fully saturated rings. The Morgan fingerprint density at radius 2 is 1.91 bits per heavy atom. The van der Waals surface area contributed by atoms with E-state index in [1.165, 1.54) is 5.56 Å². The lowest BCUT2D eigenvalue weighted by Crippen LogP contribution is -2.26.